The molecule has 20 heavy (non-hydrogen) atoms. The van der Waals surface area contributed by atoms with Crippen molar-refractivity contribution in [3.05, 3.63) is 0 Å². The molecule has 2 aliphatic heterocycles. The predicted molar refractivity (Wildman–Crippen MR) is 93.7 cm³/mol. The first-order valence-corrected chi connectivity index (χ1v) is 7.58. The molecule has 2 N–H and O–H groups in total. The number of hydrogen-bond acceptors (Lipinski definition) is 3. The number of morpholine rings is 1. The Morgan fingerprint density at radius 1 is 1.35 bits per heavy atom. The van der Waals surface area contributed by atoms with Crippen LogP contribution in [-0.4, -0.2) is 67.7 Å². The molecule has 2 aliphatic rings. The van der Waals surface area contributed by atoms with E-state index < -0.39 is 0 Å². The average molecular weight is 396 g/mol. The summed E-state index contributed by atoms with van der Waals surface area (Å²) in [6.07, 6.45) is 2.76. The van der Waals surface area contributed by atoms with Crippen LogP contribution >= 0.6 is 24.0 Å². The van der Waals surface area contributed by atoms with E-state index in [1.54, 1.807) is 0 Å². The first-order valence-electron chi connectivity index (χ1n) is 7.58. The number of rotatable bonds is 4. The lowest BCUT2D eigenvalue weighted by Gasteiger charge is -2.32. The average Bonchev–Trinajstić information content (AvgIpc) is 2.84. The Hall–Kier alpha value is -0.0800. The molecule has 0 radical (unpaired) electrons. The highest BCUT2D eigenvalue weighted by atomic mass is 127. The van der Waals surface area contributed by atoms with Gasteiger partial charge in [0.2, 0.25) is 0 Å². The first-order chi connectivity index (χ1) is 9.19. The molecular formula is C14H29IN4O. The highest BCUT2D eigenvalue weighted by Gasteiger charge is 2.22. The molecule has 2 fully saturated rings. The Bertz CT molecular complexity index is 314. The second-order valence-electron chi connectivity index (χ2n) is 5.78. The molecule has 2 rings (SSSR count). The van der Waals surface area contributed by atoms with Gasteiger partial charge in [0.05, 0.1) is 12.7 Å². The molecule has 0 saturated carbocycles. The van der Waals surface area contributed by atoms with Gasteiger partial charge in [-0.1, -0.05) is 6.92 Å². The van der Waals surface area contributed by atoms with Crippen molar-refractivity contribution < 1.29 is 4.74 Å². The van der Waals surface area contributed by atoms with Gasteiger partial charge in [-0.25, -0.2) is 0 Å². The summed E-state index contributed by atoms with van der Waals surface area (Å²) < 4.78 is 5.52. The summed E-state index contributed by atoms with van der Waals surface area (Å²) in [5, 5.41) is 0. The minimum Gasteiger partial charge on any atom is -0.375 e. The summed E-state index contributed by atoms with van der Waals surface area (Å²) in [6.45, 7) is 11.3. The Balaban J connectivity index is 0.00000200. The Morgan fingerprint density at radius 2 is 2.15 bits per heavy atom. The van der Waals surface area contributed by atoms with Crippen LogP contribution in [0, 0.1) is 5.92 Å². The van der Waals surface area contributed by atoms with Crippen molar-refractivity contribution in [1.29, 1.82) is 0 Å². The number of nitrogens with zero attached hydrogens (tertiary/aromatic N) is 3. The van der Waals surface area contributed by atoms with Gasteiger partial charge in [0, 0.05) is 26.2 Å². The van der Waals surface area contributed by atoms with E-state index in [2.05, 4.69) is 28.6 Å². The van der Waals surface area contributed by atoms with Gasteiger partial charge in [-0.05, 0) is 38.8 Å². The summed E-state index contributed by atoms with van der Waals surface area (Å²) in [4.78, 5) is 9.28. The van der Waals surface area contributed by atoms with Crippen molar-refractivity contribution in [2.75, 3.05) is 45.9 Å². The van der Waals surface area contributed by atoms with E-state index in [1.165, 1.54) is 32.5 Å². The Morgan fingerprint density at radius 3 is 2.85 bits per heavy atom. The third-order valence-corrected chi connectivity index (χ3v) is 3.99. The number of aliphatic imine (C=N–C) groups is 1. The van der Waals surface area contributed by atoms with Crippen LogP contribution in [0.1, 0.15) is 26.7 Å². The maximum Gasteiger partial charge on any atom is 0.191 e. The molecule has 2 saturated heterocycles. The number of likely N-dealkylation sites (tertiary alicyclic amines) is 1. The maximum atomic E-state index is 6.09. The lowest BCUT2D eigenvalue weighted by atomic mass is 10.1. The number of hydrogen-bond donors (Lipinski definition) is 1. The zero-order valence-electron chi connectivity index (χ0n) is 12.8. The topological polar surface area (TPSA) is 54.1 Å². The molecule has 0 aromatic heterocycles. The standard InChI is InChI=1S/C14H28N4O.HI/c1-3-5-17-6-4-13(11-17)9-16-14(15)18-7-8-19-12(2)10-18;/h12-13H,3-11H2,1-2H3,(H2,15,16);1H. The Labute approximate surface area is 139 Å². The van der Waals surface area contributed by atoms with Crippen molar-refractivity contribution in [3.63, 3.8) is 0 Å². The van der Waals surface area contributed by atoms with Gasteiger partial charge in [0.25, 0.3) is 0 Å². The lowest BCUT2D eigenvalue weighted by Crippen LogP contribution is -2.48. The van der Waals surface area contributed by atoms with Gasteiger partial charge in [0.1, 0.15) is 0 Å². The molecule has 0 aromatic carbocycles. The van der Waals surface area contributed by atoms with Crippen molar-refractivity contribution in [1.82, 2.24) is 9.80 Å². The minimum atomic E-state index is 0. The summed E-state index contributed by atoms with van der Waals surface area (Å²) in [5.74, 6) is 1.38. The first kappa shape index (κ1) is 18.0. The second-order valence-corrected chi connectivity index (χ2v) is 5.78. The van der Waals surface area contributed by atoms with Crippen LogP contribution in [0.2, 0.25) is 0 Å². The van der Waals surface area contributed by atoms with Gasteiger partial charge < -0.3 is 20.3 Å². The van der Waals surface area contributed by atoms with Crippen molar-refractivity contribution in [3.8, 4) is 0 Å². The van der Waals surface area contributed by atoms with Gasteiger partial charge in [-0.3, -0.25) is 4.99 Å². The van der Waals surface area contributed by atoms with Crippen molar-refractivity contribution >= 4 is 29.9 Å². The summed E-state index contributed by atoms with van der Waals surface area (Å²) in [6, 6.07) is 0. The molecule has 5 nitrogen and oxygen atoms in total. The molecule has 0 aromatic rings. The number of nitrogens with two attached hydrogens (primary N) is 1. The fraction of sp³-hybridized carbons (Fsp3) is 0.929. The number of ether oxygens (including phenoxy) is 1. The molecule has 0 spiro atoms. The van der Waals surface area contributed by atoms with Gasteiger partial charge in [-0.2, -0.15) is 0 Å². The molecule has 6 heteroatoms. The molecule has 0 amide bonds. The van der Waals surface area contributed by atoms with Crippen LogP contribution in [0.5, 0.6) is 0 Å². The fourth-order valence-corrected chi connectivity index (χ4v) is 2.93. The van der Waals surface area contributed by atoms with Crippen LogP contribution in [0.25, 0.3) is 0 Å². The summed E-state index contributed by atoms with van der Waals surface area (Å²) in [5.41, 5.74) is 6.09. The minimum absolute atomic E-state index is 0. The fourth-order valence-electron chi connectivity index (χ4n) is 2.93. The van der Waals surface area contributed by atoms with Crippen molar-refractivity contribution in [2.45, 2.75) is 32.8 Å². The van der Waals surface area contributed by atoms with Gasteiger partial charge in [0.15, 0.2) is 5.96 Å². The molecule has 0 bridgehead atoms. The smallest absolute Gasteiger partial charge is 0.191 e. The molecular weight excluding hydrogens is 367 g/mol. The number of guanidine groups is 1. The summed E-state index contributed by atoms with van der Waals surface area (Å²) >= 11 is 0. The SMILES string of the molecule is CCCN1CCC(CN=C(N)N2CCOC(C)C2)C1.I. The van der Waals surface area contributed by atoms with E-state index in [0.29, 0.717) is 11.9 Å². The van der Waals surface area contributed by atoms with Crippen molar-refractivity contribution in [2.24, 2.45) is 16.6 Å². The quantitative estimate of drug-likeness (QED) is 0.443. The highest BCUT2D eigenvalue weighted by molar-refractivity contribution is 14.0. The molecule has 2 unspecified atom stereocenters. The zero-order chi connectivity index (χ0) is 13.7. The molecule has 2 atom stereocenters. The normalized spacial score (nSPS) is 28.5. The van der Waals surface area contributed by atoms with Gasteiger partial charge in [-0.15, -0.1) is 24.0 Å². The van der Waals surface area contributed by atoms with Crippen LogP contribution < -0.4 is 5.73 Å². The molecule has 0 aliphatic carbocycles. The predicted octanol–water partition coefficient (Wildman–Crippen LogP) is 1.37. The maximum absolute atomic E-state index is 6.09. The Kier molecular flexibility index (Phi) is 8.13. The third kappa shape index (κ3) is 5.37. The van der Waals surface area contributed by atoms with Crippen LogP contribution in [0.3, 0.4) is 0 Å². The van der Waals surface area contributed by atoms with E-state index >= 15 is 0 Å². The van der Waals surface area contributed by atoms with Crippen LogP contribution in [0.15, 0.2) is 4.99 Å². The second kappa shape index (κ2) is 9.04. The van der Waals surface area contributed by atoms with E-state index in [4.69, 9.17) is 10.5 Å². The van der Waals surface area contributed by atoms with E-state index in [-0.39, 0.29) is 30.1 Å². The van der Waals surface area contributed by atoms with Crippen LogP contribution in [0.4, 0.5) is 0 Å². The zero-order valence-corrected chi connectivity index (χ0v) is 15.1. The number of halogens is 1. The van der Waals surface area contributed by atoms with E-state index in [0.717, 1.165) is 26.2 Å². The highest BCUT2D eigenvalue weighted by Crippen LogP contribution is 2.16. The van der Waals surface area contributed by atoms with Gasteiger partial charge >= 0.3 is 0 Å². The van der Waals surface area contributed by atoms with Crippen LogP contribution in [-0.2, 0) is 4.74 Å². The summed E-state index contributed by atoms with van der Waals surface area (Å²) in [7, 11) is 0. The largest absolute Gasteiger partial charge is 0.375 e. The van der Waals surface area contributed by atoms with E-state index in [1.807, 2.05) is 0 Å². The monoisotopic (exact) mass is 396 g/mol. The molecule has 118 valence electrons. The third-order valence-electron chi connectivity index (χ3n) is 3.99. The molecule has 2 heterocycles. The lowest BCUT2D eigenvalue weighted by molar-refractivity contribution is 0.00528. The van der Waals surface area contributed by atoms with E-state index in [9.17, 15) is 0 Å².